The maximum atomic E-state index is 10.1. The molecule has 0 radical (unpaired) electrons. The van der Waals surface area contributed by atoms with Gasteiger partial charge in [0.15, 0.2) is 0 Å². The Morgan fingerprint density at radius 2 is 1.23 bits per heavy atom. The summed E-state index contributed by atoms with van der Waals surface area (Å²) in [6.45, 7) is 0. The number of hydrogen-bond donors (Lipinski definition) is 0. The average molecular weight is 276 g/mol. The van der Waals surface area contributed by atoms with Crippen LogP contribution in [0.1, 0.15) is 0 Å². The van der Waals surface area contributed by atoms with Crippen LogP contribution in [-0.2, 0) is 19.5 Å². The predicted molar refractivity (Wildman–Crippen MR) is 41.5 cm³/mol. The van der Waals surface area contributed by atoms with E-state index in [1.807, 2.05) is 0 Å². The van der Waals surface area contributed by atoms with Crippen LogP contribution in [0.2, 0.25) is 0 Å². The summed E-state index contributed by atoms with van der Waals surface area (Å²) in [6.07, 6.45) is -2.78. The van der Waals surface area contributed by atoms with Crippen LogP contribution in [0.5, 0.6) is 0 Å². The van der Waals surface area contributed by atoms with Crippen LogP contribution < -0.4 is 10.2 Å². The van der Waals surface area contributed by atoms with Crippen LogP contribution in [0.15, 0.2) is 0 Å². The second kappa shape index (κ2) is 7.28. The number of carbonyl (C=O) groups is 2. The molecule has 0 fully saturated rings. The Kier molecular flexibility index (Phi) is 8.60. The molecule has 70 valence electrons. The van der Waals surface area contributed by atoms with E-state index in [2.05, 4.69) is 0 Å². The topological polar surface area (TPSA) is 86.7 Å². The Hall–Kier alpha value is -0.137. The summed E-state index contributed by atoms with van der Waals surface area (Å²) in [5.74, 6) is 0. The standard InChI is InChI=1S/C4H8N2O4S2.Zn/c1-5(3(7)8)11-12-6(2)4(9)10;/h1-2H3,(H,7,8)(H,9,10);/q;+2/p-2. The summed E-state index contributed by atoms with van der Waals surface area (Å²) in [4.78, 5) is 20.2. The van der Waals surface area contributed by atoms with E-state index < -0.39 is 12.2 Å². The molecule has 0 heterocycles. The number of amides is 2. The third-order valence-corrected chi connectivity index (χ3v) is 3.12. The van der Waals surface area contributed by atoms with Gasteiger partial charge in [-0.25, -0.2) is 0 Å². The third kappa shape index (κ3) is 6.98. The van der Waals surface area contributed by atoms with Crippen molar-refractivity contribution in [1.82, 2.24) is 8.61 Å². The molecule has 0 saturated heterocycles. The van der Waals surface area contributed by atoms with Gasteiger partial charge in [0.2, 0.25) is 0 Å². The molecule has 0 aliphatic rings. The molecule has 0 rings (SSSR count). The molecule has 6 nitrogen and oxygen atoms in total. The van der Waals surface area contributed by atoms with E-state index in [4.69, 9.17) is 0 Å². The van der Waals surface area contributed by atoms with E-state index in [1.165, 1.54) is 14.1 Å². The monoisotopic (exact) mass is 274 g/mol. The van der Waals surface area contributed by atoms with Crippen LogP contribution in [0, 0.1) is 0 Å². The van der Waals surface area contributed by atoms with E-state index in [1.54, 1.807) is 0 Å². The van der Waals surface area contributed by atoms with Crippen molar-refractivity contribution in [3.05, 3.63) is 0 Å². The molecule has 0 aromatic heterocycles. The minimum atomic E-state index is -1.39. The fourth-order valence-electron chi connectivity index (χ4n) is 0.161. The SMILES string of the molecule is CN(SSN(C)C(=O)[O-])C(=O)[O-].[Zn+2]. The molecule has 9 heteroatoms. The summed E-state index contributed by atoms with van der Waals surface area (Å²) >= 11 is 0. The summed E-state index contributed by atoms with van der Waals surface area (Å²) in [6, 6.07) is 0. The van der Waals surface area contributed by atoms with E-state index in [-0.39, 0.29) is 19.5 Å². The Balaban J connectivity index is 0. The molecule has 0 unspecified atom stereocenters. The van der Waals surface area contributed by atoms with E-state index in [9.17, 15) is 19.8 Å². The molecular formula is C4H6N2O4S2Zn. The second-order valence-corrected chi connectivity index (χ2v) is 3.96. The molecule has 0 aliphatic carbocycles. The number of carbonyl (C=O) groups excluding carboxylic acids is 2. The number of rotatable bonds is 3. The molecule has 0 bridgehead atoms. The van der Waals surface area contributed by atoms with Crippen molar-refractivity contribution in [2.24, 2.45) is 0 Å². The van der Waals surface area contributed by atoms with Crippen molar-refractivity contribution in [3.63, 3.8) is 0 Å². The Morgan fingerprint density at radius 3 is 1.38 bits per heavy atom. The molecule has 13 heavy (non-hydrogen) atoms. The molecule has 0 spiro atoms. The normalized spacial score (nSPS) is 8.46. The van der Waals surface area contributed by atoms with Crippen molar-refractivity contribution in [3.8, 4) is 0 Å². The minimum Gasteiger partial charge on any atom is -0.529 e. The van der Waals surface area contributed by atoms with Crippen molar-refractivity contribution in [2.45, 2.75) is 0 Å². The van der Waals surface area contributed by atoms with E-state index >= 15 is 0 Å². The first-order valence-electron chi connectivity index (χ1n) is 2.69. The Morgan fingerprint density at radius 1 is 1.00 bits per heavy atom. The Bertz CT molecular complexity index is 173. The van der Waals surface area contributed by atoms with Crippen molar-refractivity contribution in [1.29, 1.82) is 0 Å². The summed E-state index contributed by atoms with van der Waals surface area (Å²) in [5.41, 5.74) is 0. The minimum absolute atomic E-state index is 0. The molecular weight excluding hydrogens is 270 g/mol. The van der Waals surface area contributed by atoms with Gasteiger partial charge >= 0.3 is 19.5 Å². The molecule has 0 atom stereocenters. The largest absolute Gasteiger partial charge is 2.00 e. The maximum Gasteiger partial charge on any atom is 2.00 e. The van der Waals surface area contributed by atoms with Gasteiger partial charge in [-0.3, -0.25) is 8.61 Å². The third-order valence-electron chi connectivity index (χ3n) is 0.771. The zero-order valence-corrected chi connectivity index (χ0v) is 11.7. The molecule has 0 saturated carbocycles. The van der Waals surface area contributed by atoms with Crippen LogP contribution in [0.4, 0.5) is 9.59 Å². The Labute approximate surface area is 96.1 Å². The number of nitrogens with zero attached hydrogens (tertiary/aromatic N) is 2. The fraction of sp³-hybridized carbons (Fsp3) is 0.500. The van der Waals surface area contributed by atoms with Gasteiger partial charge in [-0.05, 0) is 0 Å². The van der Waals surface area contributed by atoms with Gasteiger partial charge < -0.3 is 19.8 Å². The van der Waals surface area contributed by atoms with Gasteiger partial charge in [-0.1, -0.05) is 0 Å². The van der Waals surface area contributed by atoms with Gasteiger partial charge in [0, 0.05) is 36.1 Å². The van der Waals surface area contributed by atoms with Crippen molar-refractivity contribution >= 4 is 34.1 Å². The summed E-state index contributed by atoms with van der Waals surface area (Å²) in [7, 11) is 3.92. The number of carboxylic acid groups (broad SMARTS) is 2. The summed E-state index contributed by atoms with van der Waals surface area (Å²) in [5, 5.41) is 20.2. The average Bonchev–Trinajstić information content (AvgIpc) is 1.98. The first-order chi connectivity index (χ1) is 5.45. The predicted octanol–water partition coefficient (Wildman–Crippen LogP) is -1.25. The van der Waals surface area contributed by atoms with Gasteiger partial charge in [0.05, 0.1) is 0 Å². The van der Waals surface area contributed by atoms with Crippen LogP contribution in [0.25, 0.3) is 0 Å². The van der Waals surface area contributed by atoms with Crippen LogP contribution in [0.3, 0.4) is 0 Å². The van der Waals surface area contributed by atoms with E-state index in [0.29, 0.717) is 22.0 Å². The zero-order valence-electron chi connectivity index (χ0n) is 7.05. The molecule has 0 N–H and O–H groups in total. The molecule has 2 amide bonds. The van der Waals surface area contributed by atoms with Crippen molar-refractivity contribution in [2.75, 3.05) is 14.1 Å². The fourth-order valence-corrected chi connectivity index (χ4v) is 1.45. The van der Waals surface area contributed by atoms with Gasteiger partial charge in [-0.2, -0.15) is 0 Å². The van der Waals surface area contributed by atoms with Gasteiger partial charge in [0.25, 0.3) is 0 Å². The van der Waals surface area contributed by atoms with Gasteiger partial charge in [-0.15, -0.1) is 0 Å². The van der Waals surface area contributed by atoms with Gasteiger partial charge in [0.1, 0.15) is 12.2 Å². The second-order valence-electron chi connectivity index (χ2n) is 1.68. The first-order valence-corrected chi connectivity index (χ1v) is 4.75. The molecule has 0 aliphatic heterocycles. The van der Waals surface area contributed by atoms with E-state index in [0.717, 1.165) is 8.61 Å². The first kappa shape index (κ1) is 15.3. The van der Waals surface area contributed by atoms with Crippen LogP contribution >= 0.6 is 22.0 Å². The quantitative estimate of drug-likeness (QED) is 0.363. The molecule has 0 aromatic rings. The summed E-state index contributed by atoms with van der Waals surface area (Å²) < 4.78 is 1.54. The van der Waals surface area contributed by atoms with Crippen LogP contribution in [-0.4, -0.2) is 34.9 Å². The smallest absolute Gasteiger partial charge is 0.529 e. The number of hydrogen-bond acceptors (Lipinski definition) is 6. The van der Waals surface area contributed by atoms with Crippen molar-refractivity contribution < 1.29 is 39.3 Å². The maximum absolute atomic E-state index is 10.1. The zero-order chi connectivity index (χ0) is 9.72. The molecule has 0 aromatic carbocycles.